The summed E-state index contributed by atoms with van der Waals surface area (Å²) in [6.07, 6.45) is 1.63. The number of aromatic carboxylic acids is 1. The lowest BCUT2D eigenvalue weighted by molar-refractivity contribution is -0.114. The van der Waals surface area contributed by atoms with Crippen LogP contribution in [-0.2, 0) is 4.79 Å². The highest BCUT2D eigenvalue weighted by Gasteiger charge is 2.29. The smallest absolute Gasteiger partial charge is 0.353 e. The fraction of sp³-hybridized carbons (Fsp3) is 0.0833. The molecule has 172 valence electrons. The van der Waals surface area contributed by atoms with Crippen LogP contribution in [0.5, 0.6) is 11.5 Å². The third-order valence-electron chi connectivity index (χ3n) is 4.91. The highest BCUT2D eigenvalue weighted by Crippen LogP contribution is 2.32. The molecule has 1 N–H and O–H groups in total. The van der Waals surface area contributed by atoms with Crippen LogP contribution in [0.3, 0.4) is 0 Å². The highest BCUT2D eigenvalue weighted by atomic mass is 35.5. The quantitative estimate of drug-likeness (QED) is 0.288. The number of nitrogens with zero attached hydrogens (tertiary/aromatic N) is 2. The molecule has 1 aliphatic heterocycles. The molecule has 1 aromatic heterocycles. The van der Waals surface area contributed by atoms with E-state index in [1.807, 2.05) is 0 Å². The van der Waals surface area contributed by atoms with Gasteiger partial charge in [-0.25, -0.2) is 9.59 Å². The predicted octanol–water partition coefficient (Wildman–Crippen LogP) is 5.13. The van der Waals surface area contributed by atoms with Gasteiger partial charge in [0.2, 0.25) is 0 Å². The SMILES string of the molecule is COc1cc(C=C2C(=O)N(c3ccc(Cl)c(C(=O)O)c3)N=C2C)ccc1OC(=O)c1cccs1. The standard InChI is InChI=1S/C24H17ClN2O6S/c1-13-16(22(28)27(26-13)15-6-7-18(25)17(12-15)23(29)30)10-14-5-8-19(20(11-14)32-2)33-24(31)21-4-3-9-34-21/h3-12H,1-2H3,(H,29,30). The molecule has 0 unspecified atom stereocenters. The van der Waals surface area contributed by atoms with E-state index in [1.54, 1.807) is 48.7 Å². The molecule has 2 heterocycles. The Morgan fingerprint density at radius 2 is 1.94 bits per heavy atom. The molecular weight excluding hydrogens is 480 g/mol. The number of benzene rings is 2. The summed E-state index contributed by atoms with van der Waals surface area (Å²) in [6, 6.07) is 12.5. The van der Waals surface area contributed by atoms with Crippen LogP contribution < -0.4 is 14.5 Å². The van der Waals surface area contributed by atoms with Gasteiger partial charge in [-0.2, -0.15) is 10.1 Å². The molecular formula is C24H17ClN2O6S. The van der Waals surface area contributed by atoms with E-state index in [0.717, 1.165) is 5.01 Å². The zero-order chi connectivity index (χ0) is 24.4. The van der Waals surface area contributed by atoms with Gasteiger partial charge < -0.3 is 14.6 Å². The second kappa shape index (κ2) is 9.50. The number of ether oxygens (including phenoxy) is 2. The van der Waals surface area contributed by atoms with Crippen LogP contribution in [0.15, 0.2) is 64.6 Å². The van der Waals surface area contributed by atoms with Crippen molar-refractivity contribution < 1.29 is 29.0 Å². The molecule has 8 nitrogen and oxygen atoms in total. The van der Waals surface area contributed by atoms with Gasteiger partial charge in [-0.1, -0.05) is 23.7 Å². The molecule has 0 fully saturated rings. The zero-order valence-corrected chi connectivity index (χ0v) is 19.5. The number of halogens is 1. The summed E-state index contributed by atoms with van der Waals surface area (Å²) < 4.78 is 10.8. The fourth-order valence-electron chi connectivity index (χ4n) is 3.24. The van der Waals surface area contributed by atoms with E-state index < -0.39 is 17.8 Å². The van der Waals surface area contributed by atoms with Crippen molar-refractivity contribution in [2.24, 2.45) is 5.10 Å². The summed E-state index contributed by atoms with van der Waals surface area (Å²) in [5.41, 5.74) is 1.54. The van der Waals surface area contributed by atoms with Gasteiger partial charge in [0.1, 0.15) is 4.88 Å². The molecule has 0 spiro atoms. The van der Waals surface area contributed by atoms with Gasteiger partial charge in [-0.15, -0.1) is 11.3 Å². The van der Waals surface area contributed by atoms with E-state index >= 15 is 0 Å². The van der Waals surface area contributed by atoms with Crippen molar-refractivity contribution in [2.75, 3.05) is 12.1 Å². The maximum absolute atomic E-state index is 13.0. The molecule has 0 atom stereocenters. The Balaban J connectivity index is 1.60. The first kappa shape index (κ1) is 23.2. The first-order chi connectivity index (χ1) is 16.3. The van der Waals surface area contributed by atoms with Crippen molar-refractivity contribution in [3.63, 3.8) is 0 Å². The number of hydrazone groups is 1. The monoisotopic (exact) mass is 496 g/mol. The van der Waals surface area contributed by atoms with Crippen LogP contribution in [-0.4, -0.2) is 35.8 Å². The molecule has 34 heavy (non-hydrogen) atoms. The number of esters is 1. The minimum Gasteiger partial charge on any atom is -0.493 e. The molecule has 0 saturated carbocycles. The first-order valence-corrected chi connectivity index (χ1v) is 11.1. The molecule has 1 aliphatic rings. The summed E-state index contributed by atoms with van der Waals surface area (Å²) in [7, 11) is 1.45. The lowest BCUT2D eigenvalue weighted by atomic mass is 10.1. The van der Waals surface area contributed by atoms with Crippen molar-refractivity contribution in [3.05, 3.63) is 80.5 Å². The average molecular weight is 497 g/mol. The number of rotatable bonds is 6. The van der Waals surface area contributed by atoms with Crippen LogP contribution in [0.25, 0.3) is 6.08 Å². The van der Waals surface area contributed by atoms with Crippen LogP contribution >= 0.6 is 22.9 Å². The second-order valence-corrected chi connectivity index (χ2v) is 8.46. The number of carboxylic acid groups (broad SMARTS) is 1. The van der Waals surface area contributed by atoms with Crippen molar-refractivity contribution in [2.45, 2.75) is 6.92 Å². The molecule has 0 bridgehead atoms. The Labute approximate surface area is 203 Å². The van der Waals surface area contributed by atoms with E-state index in [2.05, 4.69) is 5.10 Å². The Hall–Kier alpha value is -3.95. The van der Waals surface area contributed by atoms with Gasteiger partial charge in [-0.05, 0) is 60.3 Å². The third-order valence-corrected chi connectivity index (χ3v) is 6.09. The number of anilines is 1. The number of hydrogen-bond donors (Lipinski definition) is 1. The maximum atomic E-state index is 13.0. The number of carbonyl (C=O) groups excluding carboxylic acids is 2. The molecule has 3 aromatic rings. The number of hydrogen-bond acceptors (Lipinski definition) is 7. The summed E-state index contributed by atoms with van der Waals surface area (Å²) in [5, 5.41) is 16.5. The third kappa shape index (κ3) is 4.57. The van der Waals surface area contributed by atoms with Crippen molar-refractivity contribution in [1.29, 1.82) is 0 Å². The van der Waals surface area contributed by atoms with Crippen LogP contribution in [0, 0.1) is 0 Å². The number of carbonyl (C=O) groups is 3. The lowest BCUT2D eigenvalue weighted by Crippen LogP contribution is -2.21. The van der Waals surface area contributed by atoms with E-state index in [4.69, 9.17) is 21.1 Å². The van der Waals surface area contributed by atoms with Gasteiger partial charge >= 0.3 is 11.9 Å². The number of carboxylic acids is 1. The summed E-state index contributed by atoms with van der Waals surface area (Å²) >= 11 is 7.20. The molecule has 4 rings (SSSR count). The Morgan fingerprint density at radius 3 is 2.62 bits per heavy atom. The topological polar surface area (TPSA) is 106 Å². The van der Waals surface area contributed by atoms with Crippen molar-refractivity contribution >= 4 is 58.3 Å². The summed E-state index contributed by atoms with van der Waals surface area (Å²) in [4.78, 5) is 37.2. The highest BCUT2D eigenvalue weighted by molar-refractivity contribution is 7.12. The van der Waals surface area contributed by atoms with Gasteiger partial charge in [0.05, 0.1) is 34.7 Å². The zero-order valence-electron chi connectivity index (χ0n) is 17.9. The van der Waals surface area contributed by atoms with E-state index in [-0.39, 0.29) is 22.0 Å². The number of methoxy groups -OCH3 is 1. The van der Waals surface area contributed by atoms with Crippen LogP contribution in [0.2, 0.25) is 5.02 Å². The fourth-order valence-corrected chi connectivity index (χ4v) is 4.04. The van der Waals surface area contributed by atoms with E-state index in [9.17, 15) is 19.5 Å². The molecule has 0 radical (unpaired) electrons. The first-order valence-electron chi connectivity index (χ1n) is 9.86. The van der Waals surface area contributed by atoms with Crippen LogP contribution in [0.1, 0.15) is 32.5 Å². The van der Waals surface area contributed by atoms with Crippen molar-refractivity contribution in [1.82, 2.24) is 0 Å². The predicted molar refractivity (Wildman–Crippen MR) is 129 cm³/mol. The normalized spacial score (nSPS) is 14.3. The van der Waals surface area contributed by atoms with E-state index in [0.29, 0.717) is 27.5 Å². The lowest BCUT2D eigenvalue weighted by Gasteiger charge is -2.13. The van der Waals surface area contributed by atoms with Gasteiger partial charge in [-0.3, -0.25) is 4.79 Å². The summed E-state index contributed by atoms with van der Waals surface area (Å²) in [5.74, 6) is -1.56. The largest absolute Gasteiger partial charge is 0.493 e. The van der Waals surface area contributed by atoms with Gasteiger partial charge in [0.25, 0.3) is 5.91 Å². The summed E-state index contributed by atoms with van der Waals surface area (Å²) in [6.45, 7) is 1.67. The average Bonchev–Trinajstić information content (AvgIpc) is 3.45. The Kier molecular flexibility index (Phi) is 6.49. The Bertz CT molecular complexity index is 1360. The van der Waals surface area contributed by atoms with E-state index in [1.165, 1.54) is 36.6 Å². The molecule has 0 aliphatic carbocycles. The number of thiophene rings is 1. The van der Waals surface area contributed by atoms with Gasteiger partial charge in [0, 0.05) is 0 Å². The molecule has 10 heteroatoms. The molecule has 0 saturated heterocycles. The van der Waals surface area contributed by atoms with Gasteiger partial charge in [0.15, 0.2) is 11.5 Å². The van der Waals surface area contributed by atoms with Crippen LogP contribution in [0.4, 0.5) is 5.69 Å². The maximum Gasteiger partial charge on any atom is 0.353 e. The Morgan fingerprint density at radius 1 is 1.15 bits per heavy atom. The minimum absolute atomic E-state index is 0.0614. The number of amides is 1. The minimum atomic E-state index is -1.21. The van der Waals surface area contributed by atoms with Crippen molar-refractivity contribution in [3.8, 4) is 11.5 Å². The molecule has 2 aromatic carbocycles. The molecule has 1 amide bonds. The second-order valence-electron chi connectivity index (χ2n) is 7.11.